The first-order valence-electron chi connectivity index (χ1n) is 9.39. The number of hydrogen-bond donors (Lipinski definition) is 1. The van der Waals surface area contributed by atoms with Crippen LogP contribution >= 0.6 is 0 Å². The average Bonchev–Trinajstić information content (AvgIpc) is 3.21. The van der Waals surface area contributed by atoms with E-state index in [-0.39, 0.29) is 18.5 Å². The van der Waals surface area contributed by atoms with Crippen LogP contribution in [-0.4, -0.2) is 68.8 Å². The zero-order valence-corrected chi connectivity index (χ0v) is 15.6. The lowest BCUT2D eigenvalue weighted by Crippen LogP contribution is -2.49. The van der Waals surface area contributed by atoms with E-state index in [1.807, 2.05) is 59.3 Å². The number of aromatic nitrogens is 2. The van der Waals surface area contributed by atoms with Crippen molar-refractivity contribution in [1.82, 2.24) is 19.6 Å². The van der Waals surface area contributed by atoms with E-state index in [1.165, 1.54) is 0 Å². The third kappa shape index (κ3) is 4.54. The van der Waals surface area contributed by atoms with Crippen LogP contribution in [0.5, 0.6) is 0 Å². The van der Waals surface area contributed by atoms with Gasteiger partial charge in [0.25, 0.3) is 5.91 Å². The zero-order chi connectivity index (χ0) is 19.2. The van der Waals surface area contributed by atoms with Crippen molar-refractivity contribution in [1.29, 1.82) is 0 Å². The fourth-order valence-corrected chi connectivity index (χ4v) is 3.77. The van der Waals surface area contributed by atoms with Crippen LogP contribution in [0.4, 0.5) is 0 Å². The van der Waals surface area contributed by atoms with Crippen LogP contribution in [0.15, 0.2) is 48.8 Å². The number of aliphatic carboxylic acids is 1. The van der Waals surface area contributed by atoms with Gasteiger partial charge in [-0.1, -0.05) is 37.3 Å². The summed E-state index contributed by atoms with van der Waals surface area (Å²) < 4.78 is 1.70. The molecule has 1 amide bonds. The molecule has 1 aromatic heterocycles. The minimum Gasteiger partial charge on any atom is -0.480 e. The molecule has 1 unspecified atom stereocenters. The van der Waals surface area contributed by atoms with Gasteiger partial charge in [0, 0.05) is 31.5 Å². The fraction of sp³-hybridized carbons (Fsp3) is 0.450. The number of carbonyl (C=O) groups excluding carboxylic acids is 1. The number of rotatable bonds is 7. The SMILES string of the molecule is CCN(CC(=O)O)C1CCN(C(=O)C(c2ccccc2)n2cccn2)CC1. The molecule has 144 valence electrons. The summed E-state index contributed by atoms with van der Waals surface area (Å²) in [5.74, 6) is -0.775. The zero-order valence-electron chi connectivity index (χ0n) is 15.6. The molecule has 1 atom stereocenters. The summed E-state index contributed by atoms with van der Waals surface area (Å²) in [4.78, 5) is 28.2. The Balaban J connectivity index is 1.71. The molecular weight excluding hydrogens is 344 g/mol. The molecule has 1 aromatic carbocycles. The number of benzene rings is 1. The van der Waals surface area contributed by atoms with E-state index >= 15 is 0 Å². The largest absolute Gasteiger partial charge is 0.480 e. The van der Waals surface area contributed by atoms with Crippen molar-refractivity contribution >= 4 is 11.9 Å². The summed E-state index contributed by atoms with van der Waals surface area (Å²) in [5.41, 5.74) is 0.911. The number of piperidine rings is 1. The second-order valence-corrected chi connectivity index (χ2v) is 6.81. The monoisotopic (exact) mass is 370 g/mol. The highest BCUT2D eigenvalue weighted by Crippen LogP contribution is 2.24. The van der Waals surface area contributed by atoms with Crippen molar-refractivity contribution in [2.24, 2.45) is 0 Å². The Labute approximate surface area is 159 Å². The fourth-order valence-electron chi connectivity index (χ4n) is 3.77. The first-order chi connectivity index (χ1) is 13.1. The molecule has 1 saturated heterocycles. The van der Waals surface area contributed by atoms with Crippen molar-refractivity contribution in [3.8, 4) is 0 Å². The highest BCUT2D eigenvalue weighted by atomic mass is 16.4. The van der Waals surface area contributed by atoms with Gasteiger partial charge in [-0.05, 0) is 31.0 Å². The van der Waals surface area contributed by atoms with Crippen molar-refractivity contribution in [3.05, 3.63) is 54.4 Å². The van der Waals surface area contributed by atoms with Gasteiger partial charge in [0.1, 0.15) is 0 Å². The second kappa shape index (κ2) is 8.81. The Bertz CT molecular complexity index is 740. The smallest absolute Gasteiger partial charge is 0.317 e. The van der Waals surface area contributed by atoms with Gasteiger partial charge >= 0.3 is 5.97 Å². The minimum absolute atomic E-state index is 0.0321. The van der Waals surface area contributed by atoms with Gasteiger partial charge in [-0.2, -0.15) is 5.10 Å². The number of amides is 1. The van der Waals surface area contributed by atoms with Crippen molar-refractivity contribution in [2.75, 3.05) is 26.2 Å². The molecule has 0 saturated carbocycles. The molecular formula is C20H26N4O3. The van der Waals surface area contributed by atoms with Gasteiger partial charge in [0.05, 0.1) is 6.54 Å². The van der Waals surface area contributed by atoms with E-state index in [9.17, 15) is 9.59 Å². The van der Waals surface area contributed by atoms with Gasteiger partial charge in [-0.3, -0.25) is 19.2 Å². The maximum atomic E-state index is 13.3. The highest BCUT2D eigenvalue weighted by molar-refractivity contribution is 5.83. The maximum Gasteiger partial charge on any atom is 0.317 e. The molecule has 0 bridgehead atoms. The van der Waals surface area contributed by atoms with Crippen LogP contribution in [0.3, 0.4) is 0 Å². The lowest BCUT2D eigenvalue weighted by molar-refractivity contribution is -0.140. The van der Waals surface area contributed by atoms with Crippen molar-refractivity contribution < 1.29 is 14.7 Å². The standard InChI is InChI=1S/C20H26N4O3/c1-2-22(15-18(25)26)17-9-13-23(14-10-17)20(27)19(24-12-6-11-21-24)16-7-4-3-5-8-16/h3-8,11-12,17,19H,2,9-10,13-15H2,1H3,(H,25,26). The van der Waals surface area contributed by atoms with Crippen LogP contribution in [0, 0.1) is 0 Å². The molecule has 7 heteroatoms. The third-order valence-electron chi connectivity index (χ3n) is 5.18. The molecule has 2 aromatic rings. The first-order valence-corrected chi connectivity index (χ1v) is 9.39. The molecule has 1 aliphatic heterocycles. The first kappa shape index (κ1) is 19.1. The van der Waals surface area contributed by atoms with Crippen LogP contribution in [0.2, 0.25) is 0 Å². The Morgan fingerprint density at radius 1 is 1.22 bits per heavy atom. The van der Waals surface area contributed by atoms with E-state index < -0.39 is 12.0 Å². The molecule has 7 nitrogen and oxygen atoms in total. The van der Waals surface area contributed by atoms with Crippen molar-refractivity contribution in [2.45, 2.75) is 31.8 Å². The third-order valence-corrected chi connectivity index (χ3v) is 5.18. The van der Waals surface area contributed by atoms with Crippen LogP contribution < -0.4 is 0 Å². The van der Waals surface area contributed by atoms with Crippen LogP contribution in [0.25, 0.3) is 0 Å². The molecule has 0 radical (unpaired) electrons. The topological polar surface area (TPSA) is 78.7 Å². The molecule has 1 aliphatic rings. The molecule has 27 heavy (non-hydrogen) atoms. The van der Waals surface area contributed by atoms with E-state index in [2.05, 4.69) is 5.10 Å². The molecule has 3 rings (SSSR count). The predicted octanol–water partition coefficient (Wildman–Crippen LogP) is 1.87. The molecule has 2 heterocycles. The normalized spacial score (nSPS) is 16.4. The van der Waals surface area contributed by atoms with E-state index in [0.29, 0.717) is 19.6 Å². The Morgan fingerprint density at radius 2 is 1.93 bits per heavy atom. The summed E-state index contributed by atoms with van der Waals surface area (Å²) in [6, 6.07) is 11.2. The number of likely N-dealkylation sites (tertiary alicyclic amines) is 1. The summed E-state index contributed by atoms with van der Waals surface area (Å²) >= 11 is 0. The van der Waals surface area contributed by atoms with Crippen molar-refractivity contribution in [3.63, 3.8) is 0 Å². The lowest BCUT2D eigenvalue weighted by Gasteiger charge is -2.38. The summed E-state index contributed by atoms with van der Waals surface area (Å²) in [6.45, 7) is 3.98. The van der Waals surface area contributed by atoms with Gasteiger partial charge in [0.15, 0.2) is 6.04 Å². The summed E-state index contributed by atoms with van der Waals surface area (Å²) in [6.07, 6.45) is 5.06. The predicted molar refractivity (Wildman–Crippen MR) is 101 cm³/mol. The Hall–Kier alpha value is -2.67. The maximum absolute atomic E-state index is 13.3. The van der Waals surface area contributed by atoms with Crippen LogP contribution in [0.1, 0.15) is 31.4 Å². The number of carboxylic acid groups (broad SMARTS) is 1. The quantitative estimate of drug-likeness (QED) is 0.805. The number of carbonyl (C=O) groups is 2. The number of likely N-dealkylation sites (N-methyl/N-ethyl adjacent to an activating group) is 1. The number of hydrogen-bond acceptors (Lipinski definition) is 4. The lowest BCUT2D eigenvalue weighted by atomic mass is 10.00. The summed E-state index contributed by atoms with van der Waals surface area (Å²) in [5, 5.41) is 13.4. The van der Waals surface area contributed by atoms with Crippen LogP contribution in [-0.2, 0) is 9.59 Å². The molecule has 0 aliphatic carbocycles. The Morgan fingerprint density at radius 3 is 2.48 bits per heavy atom. The van der Waals surface area contributed by atoms with E-state index in [4.69, 9.17) is 5.11 Å². The van der Waals surface area contributed by atoms with Gasteiger partial charge in [0.2, 0.25) is 0 Å². The summed E-state index contributed by atoms with van der Waals surface area (Å²) in [7, 11) is 0. The van der Waals surface area contributed by atoms with E-state index in [1.54, 1.807) is 10.9 Å². The number of carboxylic acids is 1. The Kier molecular flexibility index (Phi) is 6.24. The molecule has 1 fully saturated rings. The number of nitrogens with zero attached hydrogens (tertiary/aromatic N) is 4. The highest BCUT2D eigenvalue weighted by Gasteiger charge is 2.32. The van der Waals surface area contributed by atoms with Gasteiger partial charge in [-0.25, -0.2) is 0 Å². The average molecular weight is 370 g/mol. The minimum atomic E-state index is -0.807. The van der Waals surface area contributed by atoms with E-state index in [0.717, 1.165) is 18.4 Å². The second-order valence-electron chi connectivity index (χ2n) is 6.81. The molecule has 1 N–H and O–H groups in total. The molecule has 0 spiro atoms. The van der Waals surface area contributed by atoms with Gasteiger partial charge < -0.3 is 10.0 Å². The van der Waals surface area contributed by atoms with Gasteiger partial charge in [-0.15, -0.1) is 0 Å².